The molecule has 0 radical (unpaired) electrons. The number of sulfonamides is 1. The average molecular weight is 473 g/mol. The summed E-state index contributed by atoms with van der Waals surface area (Å²) < 4.78 is 27.7. The molecule has 1 aliphatic rings. The summed E-state index contributed by atoms with van der Waals surface area (Å²) in [6, 6.07) is 11.6. The molecule has 1 aliphatic heterocycles. The van der Waals surface area contributed by atoms with E-state index in [1.54, 1.807) is 39.8 Å². The number of carbonyl (C=O) groups excluding carboxylic acids is 3. The third kappa shape index (κ3) is 5.58. The van der Waals surface area contributed by atoms with Crippen LogP contribution in [0.15, 0.2) is 53.4 Å². The van der Waals surface area contributed by atoms with Crippen LogP contribution < -0.4 is 14.9 Å². The summed E-state index contributed by atoms with van der Waals surface area (Å²) in [6.07, 6.45) is 0. The lowest BCUT2D eigenvalue weighted by Crippen LogP contribution is -2.40. The maximum Gasteiger partial charge on any atom is 0.332 e. The molecule has 1 fully saturated rings. The smallest absolute Gasteiger partial charge is 0.324 e. The van der Waals surface area contributed by atoms with Crippen molar-refractivity contribution in [2.75, 3.05) is 16.8 Å². The number of anilines is 2. The fourth-order valence-electron chi connectivity index (χ4n) is 3.46. The van der Waals surface area contributed by atoms with Gasteiger partial charge in [-0.15, -0.1) is 0 Å². The number of nitrogens with one attached hydrogen (secondary N) is 2. The van der Waals surface area contributed by atoms with Crippen LogP contribution in [0.4, 0.5) is 16.2 Å². The van der Waals surface area contributed by atoms with Crippen LogP contribution >= 0.6 is 0 Å². The summed E-state index contributed by atoms with van der Waals surface area (Å²) in [5.41, 5.74) is 1.15. The van der Waals surface area contributed by atoms with Gasteiger partial charge in [0.25, 0.3) is 5.91 Å². The molecule has 0 aliphatic carbocycles. The number of carbonyl (C=O) groups is 3. The van der Waals surface area contributed by atoms with E-state index in [4.69, 9.17) is 0 Å². The highest BCUT2D eigenvalue weighted by Gasteiger charge is 2.44. The number of urea groups is 1. The van der Waals surface area contributed by atoms with E-state index in [2.05, 4.69) is 10.0 Å². The third-order valence-electron chi connectivity index (χ3n) is 4.93. The molecule has 0 bridgehead atoms. The highest BCUT2D eigenvalue weighted by Crippen LogP contribution is 2.26. The van der Waals surface area contributed by atoms with Gasteiger partial charge >= 0.3 is 6.03 Å². The minimum absolute atomic E-state index is 0.0114. The third-order valence-corrected chi connectivity index (χ3v) is 6.69. The molecular weight excluding hydrogens is 444 g/mol. The van der Waals surface area contributed by atoms with E-state index in [1.807, 2.05) is 19.1 Å². The molecule has 4 amide bonds. The van der Waals surface area contributed by atoms with Crippen LogP contribution in [0.5, 0.6) is 0 Å². The van der Waals surface area contributed by atoms with Gasteiger partial charge in [0, 0.05) is 16.9 Å². The first-order valence-corrected chi connectivity index (χ1v) is 11.9. The average Bonchev–Trinajstić information content (AvgIpc) is 2.90. The van der Waals surface area contributed by atoms with Gasteiger partial charge in [0.2, 0.25) is 15.9 Å². The summed E-state index contributed by atoms with van der Waals surface area (Å²) in [7, 11) is -3.79. The second kappa shape index (κ2) is 8.95. The minimum atomic E-state index is -3.79. The lowest BCUT2D eigenvalue weighted by Gasteiger charge is -2.20. The van der Waals surface area contributed by atoms with Crippen molar-refractivity contribution >= 4 is 39.2 Å². The van der Waals surface area contributed by atoms with Gasteiger partial charge in [-0.3, -0.25) is 19.4 Å². The van der Waals surface area contributed by atoms with Crippen molar-refractivity contribution in [1.29, 1.82) is 0 Å². The van der Waals surface area contributed by atoms with E-state index < -0.39 is 46.0 Å². The molecule has 2 aromatic rings. The van der Waals surface area contributed by atoms with E-state index >= 15 is 0 Å². The number of hydrogen-bond acceptors (Lipinski definition) is 5. The molecule has 1 atom stereocenters. The molecule has 9 nitrogen and oxygen atoms in total. The molecule has 2 aromatic carbocycles. The van der Waals surface area contributed by atoms with E-state index in [1.165, 1.54) is 29.2 Å². The molecule has 0 saturated carbocycles. The summed E-state index contributed by atoms with van der Waals surface area (Å²) >= 11 is 0. The Morgan fingerprint density at radius 3 is 2.30 bits per heavy atom. The molecule has 33 heavy (non-hydrogen) atoms. The molecule has 10 heteroatoms. The van der Waals surface area contributed by atoms with E-state index in [0.717, 1.165) is 10.5 Å². The first-order chi connectivity index (χ1) is 15.3. The van der Waals surface area contributed by atoms with Gasteiger partial charge in [0.05, 0.1) is 4.90 Å². The van der Waals surface area contributed by atoms with Crippen molar-refractivity contribution in [3.63, 3.8) is 0 Å². The number of rotatable bonds is 6. The number of nitrogens with zero attached hydrogens (tertiary/aromatic N) is 2. The lowest BCUT2D eigenvalue weighted by atomic mass is 10.1. The van der Waals surface area contributed by atoms with Gasteiger partial charge in [-0.05, 0) is 65.0 Å². The second-order valence-electron chi connectivity index (χ2n) is 9.02. The van der Waals surface area contributed by atoms with Gasteiger partial charge in [-0.2, -0.15) is 0 Å². The number of benzene rings is 2. The predicted octanol–water partition coefficient (Wildman–Crippen LogP) is 2.87. The van der Waals surface area contributed by atoms with Gasteiger partial charge in [0.15, 0.2) is 0 Å². The zero-order valence-electron chi connectivity index (χ0n) is 19.2. The number of aryl methyl sites for hydroxylation is 1. The Morgan fingerprint density at radius 1 is 1.06 bits per heavy atom. The summed E-state index contributed by atoms with van der Waals surface area (Å²) in [4.78, 5) is 40.4. The second-order valence-corrected chi connectivity index (χ2v) is 10.7. The van der Waals surface area contributed by atoms with Crippen molar-refractivity contribution in [2.24, 2.45) is 0 Å². The Hall–Kier alpha value is -3.24. The Bertz CT molecular complexity index is 1190. The fraction of sp³-hybridized carbons (Fsp3) is 0.348. The SMILES string of the molecule is Cc1ccc(N2C(=O)N(CC(=O)Nc3cccc(S(=O)(=O)NC(C)(C)C)c3)C(=O)[C@H]2C)cc1. The van der Waals surface area contributed by atoms with Crippen molar-refractivity contribution in [3.8, 4) is 0 Å². The van der Waals surface area contributed by atoms with Gasteiger partial charge < -0.3 is 5.32 Å². The van der Waals surface area contributed by atoms with Gasteiger partial charge in [0.1, 0.15) is 12.6 Å². The highest BCUT2D eigenvalue weighted by molar-refractivity contribution is 7.89. The van der Waals surface area contributed by atoms with Crippen LogP contribution in [-0.2, 0) is 19.6 Å². The van der Waals surface area contributed by atoms with Crippen LogP contribution in [0.2, 0.25) is 0 Å². The number of imide groups is 1. The largest absolute Gasteiger partial charge is 0.332 e. The Morgan fingerprint density at radius 2 is 1.70 bits per heavy atom. The lowest BCUT2D eigenvalue weighted by molar-refractivity contribution is -0.130. The standard InChI is InChI=1S/C23H28N4O5S/c1-15-9-11-18(12-10-15)27-16(2)21(29)26(22(27)30)14-20(28)24-17-7-6-8-19(13-17)33(31,32)25-23(3,4)5/h6-13,16,25H,14H2,1-5H3,(H,24,28)/t16-/m1/s1. The highest BCUT2D eigenvalue weighted by atomic mass is 32.2. The minimum Gasteiger partial charge on any atom is -0.324 e. The summed E-state index contributed by atoms with van der Waals surface area (Å²) in [5, 5.41) is 2.57. The summed E-state index contributed by atoms with van der Waals surface area (Å²) in [6.45, 7) is 8.21. The first-order valence-electron chi connectivity index (χ1n) is 10.4. The molecule has 0 unspecified atom stereocenters. The zero-order chi connectivity index (χ0) is 24.6. The van der Waals surface area contributed by atoms with Crippen LogP contribution in [0.25, 0.3) is 0 Å². The van der Waals surface area contributed by atoms with Crippen LogP contribution in [0, 0.1) is 6.92 Å². The Balaban J connectivity index is 1.73. The zero-order valence-corrected chi connectivity index (χ0v) is 20.1. The molecule has 0 spiro atoms. The van der Waals surface area contributed by atoms with Crippen molar-refractivity contribution < 1.29 is 22.8 Å². The first kappa shape index (κ1) is 24.4. The Labute approximate surface area is 193 Å². The fourth-order valence-corrected chi connectivity index (χ4v) is 4.92. The van der Waals surface area contributed by atoms with Crippen LogP contribution in [0.3, 0.4) is 0 Å². The van der Waals surface area contributed by atoms with E-state index in [0.29, 0.717) is 5.69 Å². The van der Waals surface area contributed by atoms with E-state index in [9.17, 15) is 22.8 Å². The summed E-state index contributed by atoms with van der Waals surface area (Å²) in [5.74, 6) is -1.10. The molecule has 0 aromatic heterocycles. The maximum atomic E-state index is 12.9. The number of hydrogen-bond donors (Lipinski definition) is 2. The van der Waals surface area contributed by atoms with Gasteiger partial charge in [-0.25, -0.2) is 17.9 Å². The van der Waals surface area contributed by atoms with E-state index in [-0.39, 0.29) is 10.6 Å². The predicted molar refractivity (Wildman–Crippen MR) is 125 cm³/mol. The normalized spacial score (nSPS) is 16.9. The maximum absolute atomic E-state index is 12.9. The molecule has 3 rings (SSSR count). The molecular formula is C23H28N4O5S. The van der Waals surface area contributed by atoms with Gasteiger partial charge in [-0.1, -0.05) is 23.8 Å². The monoisotopic (exact) mass is 472 g/mol. The van der Waals surface area contributed by atoms with Crippen molar-refractivity contribution in [3.05, 3.63) is 54.1 Å². The molecule has 1 heterocycles. The topological polar surface area (TPSA) is 116 Å². The molecule has 1 saturated heterocycles. The van der Waals surface area contributed by atoms with Crippen molar-refractivity contribution in [1.82, 2.24) is 9.62 Å². The van der Waals surface area contributed by atoms with Crippen LogP contribution in [-0.4, -0.2) is 49.3 Å². The Kier molecular flexibility index (Phi) is 6.62. The van der Waals surface area contributed by atoms with Crippen molar-refractivity contribution in [2.45, 2.75) is 51.1 Å². The molecule has 176 valence electrons. The quantitative estimate of drug-likeness (QED) is 0.627. The molecule has 2 N–H and O–H groups in total. The van der Waals surface area contributed by atoms with Crippen LogP contribution in [0.1, 0.15) is 33.3 Å². The number of amides is 4.